The molecule has 0 saturated carbocycles. The predicted molar refractivity (Wildman–Crippen MR) is 145 cm³/mol. The first kappa shape index (κ1) is 27.9. The minimum atomic E-state index is -3.35. The maximum absolute atomic E-state index is 14.5. The van der Waals surface area contributed by atoms with Crippen LogP contribution in [0, 0.1) is 0 Å². The van der Waals surface area contributed by atoms with Crippen LogP contribution in [-0.2, 0) is 36.9 Å². The number of amides is 1. The van der Waals surface area contributed by atoms with Crippen LogP contribution in [0.3, 0.4) is 0 Å². The van der Waals surface area contributed by atoms with Crippen molar-refractivity contribution in [1.29, 1.82) is 0 Å². The van der Waals surface area contributed by atoms with Gasteiger partial charge in [0.1, 0.15) is 17.4 Å². The van der Waals surface area contributed by atoms with Crippen LogP contribution < -0.4 is 21.5 Å². The number of benzene rings is 2. The first-order chi connectivity index (χ1) is 18.8. The molecule has 4 aromatic rings. The molecule has 0 spiro atoms. The lowest BCUT2D eigenvalue weighted by Gasteiger charge is -2.17. The zero-order chi connectivity index (χ0) is 27.7. The van der Waals surface area contributed by atoms with Gasteiger partial charge < -0.3 is 16.0 Å². The van der Waals surface area contributed by atoms with Gasteiger partial charge in [-0.3, -0.25) is 19.1 Å². The monoisotopic (exact) mass is 552 g/mol. The lowest BCUT2D eigenvalue weighted by molar-refractivity contribution is -0.121. The summed E-state index contributed by atoms with van der Waals surface area (Å²) in [4.78, 5) is 33.0. The summed E-state index contributed by atoms with van der Waals surface area (Å²) in [5.74, 6) is -4.17. The lowest BCUT2D eigenvalue weighted by atomic mass is 10.1. The van der Waals surface area contributed by atoms with Crippen molar-refractivity contribution in [2.75, 3.05) is 11.9 Å². The van der Waals surface area contributed by atoms with E-state index >= 15 is 0 Å². The van der Waals surface area contributed by atoms with Gasteiger partial charge >= 0.3 is 5.92 Å². The number of rotatable bonds is 12. The average molecular weight is 553 g/mol. The van der Waals surface area contributed by atoms with Gasteiger partial charge in [0, 0.05) is 25.8 Å². The molecule has 2 heterocycles. The smallest absolute Gasteiger partial charge is 0.306 e. The van der Waals surface area contributed by atoms with E-state index in [0.29, 0.717) is 13.1 Å². The molecule has 0 fully saturated rings. The molecular formula is C28H27ClF2N6O2. The molecule has 0 saturated heterocycles. The van der Waals surface area contributed by atoms with Gasteiger partial charge in [0.2, 0.25) is 5.91 Å². The van der Waals surface area contributed by atoms with Crippen LogP contribution in [0.4, 0.5) is 14.6 Å². The number of alkyl halides is 2. The highest BCUT2D eigenvalue weighted by molar-refractivity contribution is 6.29. The third-order valence-corrected chi connectivity index (χ3v) is 6.21. The summed E-state index contributed by atoms with van der Waals surface area (Å²) in [6.45, 7) is 0.236. The predicted octanol–water partition coefficient (Wildman–Crippen LogP) is 4.10. The van der Waals surface area contributed by atoms with Crippen molar-refractivity contribution in [3.8, 4) is 0 Å². The second-order valence-electron chi connectivity index (χ2n) is 8.73. The van der Waals surface area contributed by atoms with E-state index in [4.69, 9.17) is 11.6 Å². The molecule has 0 aliphatic carbocycles. The third kappa shape index (κ3) is 7.68. The largest absolute Gasteiger partial charge is 0.359 e. The summed E-state index contributed by atoms with van der Waals surface area (Å²) in [7, 11) is 0. The summed E-state index contributed by atoms with van der Waals surface area (Å²) in [6, 6.07) is 21.9. The molecule has 8 nitrogen and oxygen atoms in total. The Labute approximate surface area is 229 Å². The number of nitrogens with one attached hydrogen (secondary N) is 3. The molecule has 3 N–H and O–H groups in total. The van der Waals surface area contributed by atoms with E-state index in [1.54, 1.807) is 0 Å². The van der Waals surface area contributed by atoms with Crippen molar-refractivity contribution >= 4 is 23.3 Å². The highest BCUT2D eigenvalue weighted by Crippen LogP contribution is 2.25. The van der Waals surface area contributed by atoms with Gasteiger partial charge in [0.15, 0.2) is 5.82 Å². The van der Waals surface area contributed by atoms with Crippen molar-refractivity contribution < 1.29 is 13.6 Å². The van der Waals surface area contributed by atoms with E-state index in [-0.39, 0.29) is 17.5 Å². The van der Waals surface area contributed by atoms with Crippen LogP contribution in [-0.4, -0.2) is 27.0 Å². The third-order valence-electron chi connectivity index (χ3n) is 5.91. The molecule has 4 rings (SSSR count). The van der Waals surface area contributed by atoms with E-state index in [2.05, 4.69) is 25.9 Å². The van der Waals surface area contributed by atoms with Crippen molar-refractivity contribution in [2.24, 2.45) is 0 Å². The number of hydrogen-bond acceptors (Lipinski definition) is 6. The zero-order valence-electron chi connectivity index (χ0n) is 20.9. The molecule has 0 radical (unpaired) electrons. The van der Waals surface area contributed by atoms with Crippen LogP contribution in [0.25, 0.3) is 0 Å². The summed E-state index contributed by atoms with van der Waals surface area (Å²) < 4.78 is 29.9. The molecule has 0 bridgehead atoms. The average Bonchev–Trinajstić information content (AvgIpc) is 2.95. The summed E-state index contributed by atoms with van der Waals surface area (Å²) in [6.07, 6.45) is 2.39. The molecule has 1 amide bonds. The van der Waals surface area contributed by atoms with Crippen molar-refractivity contribution in [1.82, 2.24) is 25.2 Å². The quantitative estimate of drug-likeness (QED) is 0.245. The standard InChI is InChI=1S/C28H27ClF2N6O2/c29-24-17-35-26(36-19-28(30,31)23-12-6-7-13-33-23)27(39)37(24)18-25(38)34-16-22-11-5-4-10-21(22)15-32-14-20-8-2-1-3-9-20/h1-13,17,32H,14-16,18-19H2,(H,34,38)(H,35,36). The molecule has 0 atom stereocenters. The minimum Gasteiger partial charge on any atom is -0.359 e. The number of pyridine rings is 1. The second kappa shape index (κ2) is 13.1. The highest BCUT2D eigenvalue weighted by atomic mass is 35.5. The summed E-state index contributed by atoms with van der Waals surface area (Å²) in [5, 5.41) is 8.45. The first-order valence-corrected chi connectivity index (χ1v) is 12.6. The van der Waals surface area contributed by atoms with Crippen molar-refractivity contribution in [2.45, 2.75) is 32.1 Å². The van der Waals surface area contributed by atoms with Crippen LogP contribution in [0.1, 0.15) is 22.4 Å². The number of carbonyl (C=O) groups is 1. The highest BCUT2D eigenvalue weighted by Gasteiger charge is 2.33. The molecule has 202 valence electrons. The number of carbonyl (C=O) groups excluding carboxylic acids is 1. The number of nitrogens with zero attached hydrogens (tertiary/aromatic N) is 3. The van der Waals surface area contributed by atoms with Gasteiger partial charge in [-0.15, -0.1) is 0 Å². The fraction of sp³-hybridized carbons (Fsp3) is 0.214. The van der Waals surface area contributed by atoms with Gasteiger partial charge in [0.25, 0.3) is 5.56 Å². The number of halogens is 3. The fourth-order valence-electron chi connectivity index (χ4n) is 3.83. The lowest BCUT2D eigenvalue weighted by Crippen LogP contribution is -2.35. The van der Waals surface area contributed by atoms with Gasteiger partial charge in [0.05, 0.1) is 12.7 Å². The molecule has 0 unspecified atom stereocenters. The molecule has 2 aromatic carbocycles. The number of anilines is 1. The number of aromatic nitrogens is 3. The van der Waals surface area contributed by atoms with Crippen LogP contribution in [0.5, 0.6) is 0 Å². The maximum atomic E-state index is 14.5. The fourth-order valence-corrected chi connectivity index (χ4v) is 4.02. The van der Waals surface area contributed by atoms with Gasteiger partial charge in [-0.25, -0.2) is 4.98 Å². The Bertz CT molecular complexity index is 1450. The van der Waals surface area contributed by atoms with Crippen LogP contribution >= 0.6 is 11.6 Å². The normalized spacial score (nSPS) is 11.3. The molecular weight excluding hydrogens is 526 g/mol. The van der Waals surface area contributed by atoms with E-state index in [9.17, 15) is 18.4 Å². The molecule has 0 aliphatic heterocycles. The molecule has 2 aromatic heterocycles. The Morgan fingerprint density at radius 1 is 0.897 bits per heavy atom. The summed E-state index contributed by atoms with van der Waals surface area (Å²) >= 11 is 6.11. The first-order valence-electron chi connectivity index (χ1n) is 12.2. The van der Waals surface area contributed by atoms with Gasteiger partial charge in [-0.05, 0) is 28.8 Å². The Kier molecular flexibility index (Phi) is 9.35. The molecule has 39 heavy (non-hydrogen) atoms. The van der Waals surface area contributed by atoms with Gasteiger partial charge in [-0.1, -0.05) is 72.3 Å². The Morgan fingerprint density at radius 2 is 1.59 bits per heavy atom. The number of hydrogen-bond donors (Lipinski definition) is 3. The SMILES string of the molecule is O=C(Cn1c(Cl)cnc(NCC(F)(F)c2ccccn2)c1=O)NCc1ccccc1CNCc1ccccc1. The van der Waals surface area contributed by atoms with Crippen LogP contribution in [0.15, 0.2) is 90.0 Å². The van der Waals surface area contributed by atoms with Crippen LogP contribution in [0.2, 0.25) is 5.15 Å². The van der Waals surface area contributed by atoms with E-state index < -0.39 is 36.2 Å². The Balaban J connectivity index is 1.35. The Morgan fingerprint density at radius 3 is 2.31 bits per heavy atom. The maximum Gasteiger partial charge on any atom is 0.306 e. The second-order valence-corrected chi connectivity index (χ2v) is 9.12. The van der Waals surface area contributed by atoms with E-state index in [1.807, 2.05) is 54.6 Å². The molecule has 11 heteroatoms. The van der Waals surface area contributed by atoms with Crippen molar-refractivity contribution in [3.05, 3.63) is 123 Å². The Hall–Kier alpha value is -4.15. The molecule has 0 aliphatic rings. The summed E-state index contributed by atoms with van der Waals surface area (Å²) in [5.41, 5.74) is 1.87. The van der Waals surface area contributed by atoms with Gasteiger partial charge in [-0.2, -0.15) is 8.78 Å². The zero-order valence-corrected chi connectivity index (χ0v) is 21.7. The minimum absolute atomic E-state index is 0.0947. The van der Waals surface area contributed by atoms with E-state index in [1.165, 1.54) is 24.4 Å². The van der Waals surface area contributed by atoms with E-state index in [0.717, 1.165) is 27.5 Å². The topological polar surface area (TPSA) is 101 Å². The van der Waals surface area contributed by atoms with Crippen molar-refractivity contribution in [3.63, 3.8) is 0 Å².